The molecular formula is C15H23NO2. The van der Waals surface area contributed by atoms with Crippen molar-refractivity contribution in [3.63, 3.8) is 0 Å². The minimum Gasteiger partial charge on any atom is -0.396 e. The van der Waals surface area contributed by atoms with Crippen LogP contribution in [0, 0.1) is 19.8 Å². The van der Waals surface area contributed by atoms with E-state index in [1.165, 1.54) is 0 Å². The van der Waals surface area contributed by atoms with E-state index in [2.05, 4.69) is 5.32 Å². The lowest BCUT2D eigenvalue weighted by Gasteiger charge is -2.22. The van der Waals surface area contributed by atoms with Crippen LogP contribution in [-0.4, -0.2) is 23.7 Å². The van der Waals surface area contributed by atoms with Crippen LogP contribution < -0.4 is 5.32 Å². The quantitative estimate of drug-likeness (QED) is 0.842. The number of aryl methyl sites for hydroxylation is 2. The fraction of sp³-hybridized carbons (Fsp3) is 0.533. The second-order valence-corrected chi connectivity index (χ2v) is 5.15. The van der Waals surface area contributed by atoms with Gasteiger partial charge in [0.05, 0.1) is 0 Å². The Morgan fingerprint density at radius 3 is 2.50 bits per heavy atom. The molecule has 0 spiro atoms. The lowest BCUT2D eigenvalue weighted by molar-refractivity contribution is 0.0916. The van der Waals surface area contributed by atoms with Gasteiger partial charge in [0.2, 0.25) is 0 Å². The van der Waals surface area contributed by atoms with Crippen LogP contribution in [0.1, 0.15) is 41.8 Å². The van der Waals surface area contributed by atoms with Crippen LogP contribution in [0.3, 0.4) is 0 Å². The molecule has 0 saturated heterocycles. The van der Waals surface area contributed by atoms with Crippen molar-refractivity contribution in [3.8, 4) is 0 Å². The van der Waals surface area contributed by atoms with Crippen LogP contribution in [-0.2, 0) is 0 Å². The van der Waals surface area contributed by atoms with Gasteiger partial charge in [0.1, 0.15) is 0 Å². The summed E-state index contributed by atoms with van der Waals surface area (Å²) in [6.07, 6.45) is 0.592. The van der Waals surface area contributed by atoms with E-state index in [4.69, 9.17) is 5.11 Å². The maximum atomic E-state index is 12.2. The molecule has 18 heavy (non-hydrogen) atoms. The molecule has 0 saturated carbocycles. The third-order valence-corrected chi connectivity index (χ3v) is 3.19. The summed E-state index contributed by atoms with van der Waals surface area (Å²) in [5, 5.41) is 12.0. The molecule has 3 heteroatoms. The van der Waals surface area contributed by atoms with Gasteiger partial charge in [-0.2, -0.15) is 0 Å². The van der Waals surface area contributed by atoms with E-state index in [0.717, 1.165) is 11.1 Å². The van der Waals surface area contributed by atoms with Crippen molar-refractivity contribution in [1.82, 2.24) is 5.32 Å². The molecule has 0 aromatic heterocycles. The molecule has 1 aromatic carbocycles. The molecule has 100 valence electrons. The van der Waals surface area contributed by atoms with Gasteiger partial charge in [-0.15, -0.1) is 0 Å². The maximum absolute atomic E-state index is 12.2. The molecule has 0 aliphatic heterocycles. The summed E-state index contributed by atoms with van der Waals surface area (Å²) in [6.45, 7) is 8.14. The lowest BCUT2D eigenvalue weighted by atomic mass is 9.99. The molecule has 0 aliphatic rings. The normalized spacial score (nSPS) is 12.6. The van der Waals surface area contributed by atoms with E-state index in [-0.39, 0.29) is 18.6 Å². The minimum atomic E-state index is -0.0559. The number of carbonyl (C=O) groups excluding carboxylic acids is 1. The van der Waals surface area contributed by atoms with Crippen molar-refractivity contribution in [2.75, 3.05) is 6.61 Å². The molecule has 3 nitrogen and oxygen atoms in total. The number of amides is 1. The van der Waals surface area contributed by atoms with Crippen molar-refractivity contribution in [1.29, 1.82) is 0 Å². The highest BCUT2D eigenvalue weighted by Gasteiger charge is 2.17. The highest BCUT2D eigenvalue weighted by atomic mass is 16.3. The van der Waals surface area contributed by atoms with Gasteiger partial charge in [-0.1, -0.05) is 31.5 Å². The van der Waals surface area contributed by atoms with Crippen molar-refractivity contribution in [2.24, 2.45) is 5.92 Å². The Balaban J connectivity index is 2.80. The largest absolute Gasteiger partial charge is 0.396 e. The molecule has 1 atom stereocenters. The van der Waals surface area contributed by atoms with Crippen LogP contribution >= 0.6 is 0 Å². The summed E-state index contributed by atoms with van der Waals surface area (Å²) in [5.41, 5.74) is 2.85. The average molecular weight is 249 g/mol. The Labute approximate surface area is 109 Å². The van der Waals surface area contributed by atoms with Crippen LogP contribution in [0.4, 0.5) is 0 Å². The summed E-state index contributed by atoms with van der Waals surface area (Å²) in [6, 6.07) is 5.82. The Bertz CT molecular complexity index is 413. The molecule has 1 unspecified atom stereocenters. The highest BCUT2D eigenvalue weighted by molar-refractivity contribution is 5.95. The van der Waals surface area contributed by atoms with Crippen molar-refractivity contribution in [2.45, 2.75) is 40.2 Å². The summed E-state index contributed by atoms with van der Waals surface area (Å²) in [7, 11) is 0. The van der Waals surface area contributed by atoms with Crippen molar-refractivity contribution in [3.05, 3.63) is 34.9 Å². The molecule has 0 heterocycles. The number of nitrogens with one attached hydrogen (secondary N) is 1. The van der Waals surface area contributed by atoms with E-state index in [1.54, 1.807) is 0 Å². The van der Waals surface area contributed by atoms with E-state index >= 15 is 0 Å². The number of carbonyl (C=O) groups is 1. The molecule has 0 fully saturated rings. The van der Waals surface area contributed by atoms with Gasteiger partial charge in [-0.3, -0.25) is 4.79 Å². The third kappa shape index (κ3) is 3.84. The second-order valence-electron chi connectivity index (χ2n) is 5.15. The summed E-state index contributed by atoms with van der Waals surface area (Å²) in [4.78, 5) is 12.2. The van der Waals surface area contributed by atoms with E-state index in [9.17, 15) is 4.79 Å². The van der Waals surface area contributed by atoms with Gasteiger partial charge in [0, 0.05) is 18.2 Å². The highest BCUT2D eigenvalue weighted by Crippen LogP contribution is 2.12. The number of aliphatic hydroxyl groups excluding tert-OH is 1. The Morgan fingerprint density at radius 1 is 1.33 bits per heavy atom. The fourth-order valence-electron chi connectivity index (χ4n) is 2.03. The molecule has 0 radical (unpaired) electrons. The maximum Gasteiger partial charge on any atom is 0.251 e. The van der Waals surface area contributed by atoms with Gasteiger partial charge in [-0.05, 0) is 37.8 Å². The smallest absolute Gasteiger partial charge is 0.251 e. The number of hydrogen-bond donors (Lipinski definition) is 2. The second kappa shape index (κ2) is 6.55. The fourth-order valence-corrected chi connectivity index (χ4v) is 2.03. The Morgan fingerprint density at radius 2 is 2.00 bits per heavy atom. The van der Waals surface area contributed by atoms with E-state index in [1.807, 2.05) is 45.9 Å². The first-order valence-electron chi connectivity index (χ1n) is 6.44. The number of rotatable bonds is 5. The Hall–Kier alpha value is -1.35. The van der Waals surface area contributed by atoms with Gasteiger partial charge < -0.3 is 10.4 Å². The molecule has 0 aliphatic carbocycles. The predicted octanol–water partition coefficient (Wildman–Crippen LogP) is 2.44. The molecule has 0 bridgehead atoms. The van der Waals surface area contributed by atoms with E-state index < -0.39 is 0 Å². The van der Waals surface area contributed by atoms with Gasteiger partial charge >= 0.3 is 0 Å². The number of aliphatic hydroxyl groups is 1. The summed E-state index contributed by atoms with van der Waals surface area (Å²) >= 11 is 0. The van der Waals surface area contributed by atoms with Crippen LogP contribution in [0.2, 0.25) is 0 Å². The van der Waals surface area contributed by atoms with Crippen LogP contribution in [0.25, 0.3) is 0 Å². The standard InChI is InChI=1S/C15H23NO2/c1-10(2)14(7-8-17)16-15(18)13-6-5-11(3)9-12(13)4/h5-6,9-10,14,17H,7-8H2,1-4H3,(H,16,18). The lowest BCUT2D eigenvalue weighted by Crippen LogP contribution is -2.39. The SMILES string of the molecule is Cc1ccc(C(=O)NC(CCO)C(C)C)c(C)c1. The monoisotopic (exact) mass is 249 g/mol. The van der Waals surface area contributed by atoms with Gasteiger partial charge in [0.15, 0.2) is 0 Å². The number of benzene rings is 1. The van der Waals surface area contributed by atoms with E-state index in [0.29, 0.717) is 17.9 Å². The Kier molecular flexibility index (Phi) is 5.35. The zero-order valence-electron chi connectivity index (χ0n) is 11.7. The molecule has 1 amide bonds. The van der Waals surface area contributed by atoms with Crippen molar-refractivity contribution < 1.29 is 9.90 Å². The first kappa shape index (κ1) is 14.7. The summed E-state index contributed by atoms with van der Waals surface area (Å²) < 4.78 is 0. The first-order valence-corrected chi connectivity index (χ1v) is 6.44. The minimum absolute atomic E-state index is 0.0169. The molecule has 2 N–H and O–H groups in total. The summed E-state index contributed by atoms with van der Waals surface area (Å²) in [5.74, 6) is 0.256. The van der Waals surface area contributed by atoms with Gasteiger partial charge in [-0.25, -0.2) is 0 Å². The molecular weight excluding hydrogens is 226 g/mol. The third-order valence-electron chi connectivity index (χ3n) is 3.19. The topological polar surface area (TPSA) is 49.3 Å². The molecule has 1 rings (SSSR count). The van der Waals surface area contributed by atoms with Crippen LogP contribution in [0.5, 0.6) is 0 Å². The zero-order valence-corrected chi connectivity index (χ0v) is 11.7. The van der Waals surface area contributed by atoms with Crippen LogP contribution in [0.15, 0.2) is 18.2 Å². The zero-order chi connectivity index (χ0) is 13.7. The van der Waals surface area contributed by atoms with Crippen molar-refractivity contribution >= 4 is 5.91 Å². The first-order chi connectivity index (χ1) is 8.45. The molecule has 1 aromatic rings. The van der Waals surface area contributed by atoms with Gasteiger partial charge in [0.25, 0.3) is 5.91 Å². The predicted molar refractivity (Wildman–Crippen MR) is 73.7 cm³/mol. The average Bonchev–Trinajstić information content (AvgIpc) is 2.27. The number of hydrogen-bond acceptors (Lipinski definition) is 2.